The molecular formula is C18H20N2O4. The molecule has 1 amide bonds. The van der Waals surface area contributed by atoms with Crippen LogP contribution in [0.15, 0.2) is 47.6 Å². The van der Waals surface area contributed by atoms with E-state index >= 15 is 0 Å². The van der Waals surface area contributed by atoms with E-state index in [1.54, 1.807) is 37.4 Å². The Hall–Kier alpha value is -3.02. The lowest BCUT2D eigenvalue weighted by molar-refractivity contribution is 0.0952. The summed E-state index contributed by atoms with van der Waals surface area (Å²) in [6.07, 6.45) is 1.51. The molecule has 2 aromatic carbocycles. The normalized spacial score (nSPS) is 10.5. The molecule has 24 heavy (non-hydrogen) atoms. The van der Waals surface area contributed by atoms with E-state index in [1.807, 2.05) is 19.1 Å². The van der Waals surface area contributed by atoms with Gasteiger partial charge in [0.05, 0.1) is 32.6 Å². The molecule has 0 radical (unpaired) electrons. The molecule has 2 rings (SSSR count). The fourth-order valence-corrected chi connectivity index (χ4v) is 2.15. The van der Waals surface area contributed by atoms with Crippen LogP contribution in [-0.4, -0.2) is 32.9 Å². The van der Waals surface area contributed by atoms with Crippen molar-refractivity contribution in [2.75, 3.05) is 20.8 Å². The van der Waals surface area contributed by atoms with Crippen LogP contribution in [-0.2, 0) is 0 Å². The first-order valence-electron chi connectivity index (χ1n) is 7.47. The van der Waals surface area contributed by atoms with Gasteiger partial charge in [-0.25, -0.2) is 5.43 Å². The molecule has 0 aliphatic carbocycles. The molecular weight excluding hydrogens is 308 g/mol. The zero-order valence-corrected chi connectivity index (χ0v) is 13.9. The molecule has 0 atom stereocenters. The molecule has 0 bridgehead atoms. The zero-order chi connectivity index (χ0) is 17.4. The summed E-state index contributed by atoms with van der Waals surface area (Å²) in [4.78, 5) is 12.2. The number of carbonyl (C=O) groups excluding carboxylic acids is 1. The van der Waals surface area contributed by atoms with Gasteiger partial charge in [-0.3, -0.25) is 4.79 Å². The second-order valence-corrected chi connectivity index (χ2v) is 4.71. The predicted molar refractivity (Wildman–Crippen MR) is 92.2 cm³/mol. The number of ether oxygens (including phenoxy) is 3. The smallest absolute Gasteiger partial charge is 0.275 e. The lowest BCUT2D eigenvalue weighted by Gasteiger charge is -2.11. The van der Waals surface area contributed by atoms with Gasteiger partial charge in [-0.15, -0.1) is 0 Å². The van der Waals surface area contributed by atoms with Gasteiger partial charge in [-0.1, -0.05) is 18.2 Å². The van der Waals surface area contributed by atoms with Gasteiger partial charge in [-0.05, 0) is 31.2 Å². The molecule has 2 aromatic rings. The minimum Gasteiger partial charge on any atom is -0.496 e. The summed E-state index contributed by atoms with van der Waals surface area (Å²) in [6.45, 7) is 2.38. The van der Waals surface area contributed by atoms with E-state index in [9.17, 15) is 4.79 Å². The fourth-order valence-electron chi connectivity index (χ4n) is 2.15. The fraction of sp³-hybridized carbons (Fsp3) is 0.222. The predicted octanol–water partition coefficient (Wildman–Crippen LogP) is 2.87. The Morgan fingerprint density at radius 3 is 2.50 bits per heavy atom. The number of carbonyl (C=O) groups is 1. The summed E-state index contributed by atoms with van der Waals surface area (Å²) in [5, 5.41) is 4.00. The molecule has 126 valence electrons. The topological polar surface area (TPSA) is 69.2 Å². The molecule has 0 aromatic heterocycles. The molecule has 0 saturated carbocycles. The van der Waals surface area contributed by atoms with E-state index in [1.165, 1.54) is 13.3 Å². The van der Waals surface area contributed by atoms with E-state index in [2.05, 4.69) is 10.5 Å². The summed E-state index contributed by atoms with van der Waals surface area (Å²) in [7, 11) is 3.09. The van der Waals surface area contributed by atoms with Gasteiger partial charge >= 0.3 is 0 Å². The molecule has 0 aliphatic heterocycles. The van der Waals surface area contributed by atoms with Crippen LogP contribution in [0.1, 0.15) is 22.8 Å². The van der Waals surface area contributed by atoms with Crippen LogP contribution in [0.4, 0.5) is 0 Å². The van der Waals surface area contributed by atoms with Crippen LogP contribution >= 0.6 is 0 Å². The van der Waals surface area contributed by atoms with Crippen LogP contribution in [0.3, 0.4) is 0 Å². The Morgan fingerprint density at radius 2 is 1.79 bits per heavy atom. The average molecular weight is 328 g/mol. The molecule has 1 N–H and O–H groups in total. The van der Waals surface area contributed by atoms with Crippen LogP contribution in [0.2, 0.25) is 0 Å². The summed E-state index contributed by atoms with van der Waals surface area (Å²) >= 11 is 0. The molecule has 0 aliphatic rings. The number of hydrogen-bond donors (Lipinski definition) is 1. The number of nitrogens with one attached hydrogen (secondary N) is 1. The third-order valence-corrected chi connectivity index (χ3v) is 3.24. The molecule has 0 unspecified atom stereocenters. The summed E-state index contributed by atoms with van der Waals surface area (Å²) in [5.41, 5.74) is 3.60. The van der Waals surface area contributed by atoms with Crippen molar-refractivity contribution in [3.63, 3.8) is 0 Å². The monoisotopic (exact) mass is 328 g/mol. The maximum Gasteiger partial charge on any atom is 0.275 e. The Balaban J connectivity index is 2.16. The van der Waals surface area contributed by atoms with Crippen LogP contribution in [0.25, 0.3) is 0 Å². The third kappa shape index (κ3) is 4.04. The molecule has 6 nitrogen and oxygen atoms in total. The number of benzene rings is 2. The number of amides is 1. The Morgan fingerprint density at radius 1 is 1.08 bits per heavy atom. The summed E-state index contributed by atoms with van der Waals surface area (Å²) in [5.74, 6) is 1.32. The molecule has 6 heteroatoms. The van der Waals surface area contributed by atoms with Gasteiger partial charge in [0.2, 0.25) is 0 Å². The van der Waals surface area contributed by atoms with Crippen LogP contribution in [0, 0.1) is 0 Å². The van der Waals surface area contributed by atoms with Crippen molar-refractivity contribution in [3.05, 3.63) is 53.6 Å². The van der Waals surface area contributed by atoms with Crippen LogP contribution < -0.4 is 19.6 Å². The standard InChI is InChI=1S/C18H20N2O4/c1-4-24-17-13(8-7-11-16(17)23-3)12-19-20-18(21)14-9-5-6-10-15(14)22-2/h5-12H,4H2,1-3H3,(H,20,21)/b19-12+. The van der Waals surface area contributed by atoms with Gasteiger partial charge in [0.25, 0.3) is 5.91 Å². The first kappa shape index (κ1) is 17.3. The first-order chi connectivity index (χ1) is 11.7. The minimum absolute atomic E-state index is 0.357. The molecule has 0 heterocycles. The van der Waals surface area contributed by atoms with Crippen molar-refractivity contribution in [3.8, 4) is 17.2 Å². The van der Waals surface area contributed by atoms with Gasteiger partial charge in [0.1, 0.15) is 5.75 Å². The number of hydrazone groups is 1. The Labute approximate surface area is 141 Å². The summed E-state index contributed by atoms with van der Waals surface area (Å²) < 4.78 is 16.0. The van der Waals surface area contributed by atoms with E-state index in [0.717, 1.165) is 0 Å². The summed E-state index contributed by atoms with van der Waals surface area (Å²) in [6, 6.07) is 12.4. The number of para-hydroxylation sites is 2. The third-order valence-electron chi connectivity index (χ3n) is 3.24. The highest BCUT2D eigenvalue weighted by atomic mass is 16.5. The highest BCUT2D eigenvalue weighted by molar-refractivity contribution is 5.97. The molecule has 0 saturated heterocycles. The minimum atomic E-state index is -0.357. The second-order valence-electron chi connectivity index (χ2n) is 4.71. The molecule has 0 spiro atoms. The van der Waals surface area contributed by atoms with Crippen molar-refractivity contribution in [1.82, 2.24) is 5.43 Å². The lowest BCUT2D eigenvalue weighted by atomic mass is 10.2. The van der Waals surface area contributed by atoms with Gasteiger partial charge in [-0.2, -0.15) is 5.10 Å². The highest BCUT2D eigenvalue weighted by Crippen LogP contribution is 2.29. The second kappa shape index (κ2) is 8.57. The van der Waals surface area contributed by atoms with E-state index in [4.69, 9.17) is 14.2 Å². The number of methoxy groups -OCH3 is 2. The maximum atomic E-state index is 12.2. The Kier molecular flexibility index (Phi) is 6.19. The Bertz CT molecular complexity index is 729. The molecule has 0 fully saturated rings. The zero-order valence-electron chi connectivity index (χ0n) is 13.9. The first-order valence-corrected chi connectivity index (χ1v) is 7.47. The van der Waals surface area contributed by atoms with Crippen molar-refractivity contribution < 1.29 is 19.0 Å². The number of hydrogen-bond acceptors (Lipinski definition) is 5. The highest BCUT2D eigenvalue weighted by Gasteiger charge is 2.11. The van der Waals surface area contributed by atoms with E-state index in [0.29, 0.717) is 35.0 Å². The van der Waals surface area contributed by atoms with Crippen LogP contribution in [0.5, 0.6) is 17.2 Å². The van der Waals surface area contributed by atoms with Crippen molar-refractivity contribution in [2.45, 2.75) is 6.92 Å². The van der Waals surface area contributed by atoms with E-state index < -0.39 is 0 Å². The number of nitrogens with zero attached hydrogens (tertiary/aromatic N) is 1. The average Bonchev–Trinajstić information content (AvgIpc) is 2.62. The lowest BCUT2D eigenvalue weighted by Crippen LogP contribution is -2.18. The van der Waals surface area contributed by atoms with Crippen molar-refractivity contribution in [1.29, 1.82) is 0 Å². The van der Waals surface area contributed by atoms with Gasteiger partial charge < -0.3 is 14.2 Å². The van der Waals surface area contributed by atoms with Gasteiger partial charge in [0.15, 0.2) is 11.5 Å². The van der Waals surface area contributed by atoms with Crippen molar-refractivity contribution in [2.24, 2.45) is 5.10 Å². The number of rotatable bonds is 7. The quantitative estimate of drug-likeness (QED) is 0.627. The van der Waals surface area contributed by atoms with Gasteiger partial charge in [0, 0.05) is 5.56 Å². The SMILES string of the molecule is CCOc1c(/C=N/NC(=O)c2ccccc2OC)cccc1OC. The van der Waals surface area contributed by atoms with E-state index in [-0.39, 0.29) is 5.91 Å². The maximum absolute atomic E-state index is 12.2. The van der Waals surface area contributed by atoms with Crippen molar-refractivity contribution >= 4 is 12.1 Å². The largest absolute Gasteiger partial charge is 0.496 e.